The van der Waals surface area contributed by atoms with Crippen LogP contribution in [-0.2, 0) is 4.79 Å². The van der Waals surface area contributed by atoms with Gasteiger partial charge in [-0.2, -0.15) is 0 Å². The molecule has 1 saturated heterocycles. The minimum atomic E-state index is 0.0391. The number of amides is 1. The Kier molecular flexibility index (Phi) is 6.09. The first-order chi connectivity index (χ1) is 13.2. The molecule has 1 amide bonds. The number of nitrogens with one attached hydrogen (secondary N) is 1. The number of nitrogens with zero attached hydrogens (tertiary/aromatic N) is 5. The van der Waals surface area contributed by atoms with E-state index >= 15 is 0 Å². The van der Waals surface area contributed by atoms with E-state index in [4.69, 9.17) is 0 Å². The number of thiophene rings is 1. The fourth-order valence-electron chi connectivity index (χ4n) is 3.45. The largest absolute Gasteiger partial charge is 0.353 e. The molecule has 27 heavy (non-hydrogen) atoms. The van der Waals surface area contributed by atoms with E-state index in [0.717, 1.165) is 37.0 Å². The molecule has 2 aromatic heterocycles. The number of hydrogen-bond acceptors (Lipinski definition) is 7. The molecule has 0 radical (unpaired) electrons. The van der Waals surface area contributed by atoms with E-state index in [-0.39, 0.29) is 11.9 Å². The van der Waals surface area contributed by atoms with Crippen molar-refractivity contribution in [3.8, 4) is 0 Å². The summed E-state index contributed by atoms with van der Waals surface area (Å²) in [7, 11) is 0. The van der Waals surface area contributed by atoms with E-state index in [1.165, 1.54) is 29.5 Å². The number of rotatable bonds is 8. The normalized spacial score (nSPS) is 19.9. The highest BCUT2D eigenvalue weighted by atomic mass is 32.2. The predicted molar refractivity (Wildman–Crippen MR) is 107 cm³/mol. The molecule has 1 unspecified atom stereocenters. The molecule has 0 spiro atoms. The fraction of sp³-hybridized carbons (Fsp3) is 0.667. The lowest BCUT2D eigenvalue weighted by molar-refractivity contribution is -0.118. The Bertz CT molecular complexity index is 737. The third kappa shape index (κ3) is 4.89. The maximum Gasteiger partial charge on any atom is 0.230 e. The van der Waals surface area contributed by atoms with Gasteiger partial charge in [0.05, 0.1) is 17.8 Å². The molecule has 1 N–H and O–H groups in total. The number of aromatic nitrogens is 4. The monoisotopic (exact) mass is 406 g/mol. The summed E-state index contributed by atoms with van der Waals surface area (Å²) in [4.78, 5) is 16.3. The lowest BCUT2D eigenvalue weighted by Gasteiger charge is -2.36. The third-order valence-electron chi connectivity index (χ3n) is 5.31. The second-order valence-corrected chi connectivity index (χ2v) is 9.40. The molecule has 1 saturated carbocycles. The zero-order valence-corrected chi connectivity index (χ0v) is 17.2. The standard InChI is InChI=1S/C18H26N6OS2/c1-13-6-8-23(9-7-13)15(16-3-2-10-26-16)11-19-17(25)12-27-18-20-21-22-24(18)14-4-5-14/h2-3,10,13-15H,4-9,11-12H2,1H3,(H,19,25). The van der Waals surface area contributed by atoms with Gasteiger partial charge in [0.25, 0.3) is 0 Å². The summed E-state index contributed by atoms with van der Waals surface area (Å²) in [6.07, 6.45) is 4.72. The molecule has 2 aromatic rings. The van der Waals surface area contributed by atoms with Gasteiger partial charge >= 0.3 is 0 Å². The van der Waals surface area contributed by atoms with E-state index in [1.54, 1.807) is 11.3 Å². The van der Waals surface area contributed by atoms with Crippen LogP contribution in [0.2, 0.25) is 0 Å². The zero-order chi connectivity index (χ0) is 18.6. The zero-order valence-electron chi connectivity index (χ0n) is 15.6. The first-order valence-corrected chi connectivity index (χ1v) is 11.5. The topological polar surface area (TPSA) is 75.9 Å². The smallest absolute Gasteiger partial charge is 0.230 e. The molecule has 1 aliphatic heterocycles. The van der Waals surface area contributed by atoms with Crippen LogP contribution in [0.1, 0.15) is 49.6 Å². The Morgan fingerprint density at radius 3 is 2.89 bits per heavy atom. The molecule has 2 fully saturated rings. The molecule has 3 heterocycles. The summed E-state index contributed by atoms with van der Waals surface area (Å²) in [6.45, 7) is 5.18. The Balaban J connectivity index is 1.30. The van der Waals surface area contributed by atoms with Crippen LogP contribution >= 0.6 is 23.1 Å². The van der Waals surface area contributed by atoms with Crippen LogP contribution < -0.4 is 5.32 Å². The van der Waals surface area contributed by atoms with E-state index in [9.17, 15) is 4.79 Å². The Morgan fingerprint density at radius 1 is 1.37 bits per heavy atom. The lowest BCUT2D eigenvalue weighted by Crippen LogP contribution is -2.42. The van der Waals surface area contributed by atoms with Gasteiger partial charge < -0.3 is 5.32 Å². The maximum atomic E-state index is 12.4. The van der Waals surface area contributed by atoms with Crippen molar-refractivity contribution in [2.75, 3.05) is 25.4 Å². The minimum absolute atomic E-state index is 0.0391. The van der Waals surface area contributed by atoms with Gasteiger partial charge in [0.2, 0.25) is 11.1 Å². The molecule has 1 aliphatic carbocycles. The molecule has 2 aliphatic rings. The minimum Gasteiger partial charge on any atom is -0.353 e. The summed E-state index contributed by atoms with van der Waals surface area (Å²) in [6, 6.07) is 4.96. The number of carbonyl (C=O) groups is 1. The van der Waals surface area contributed by atoms with Crippen molar-refractivity contribution in [1.82, 2.24) is 30.4 Å². The van der Waals surface area contributed by atoms with Gasteiger partial charge in [0.15, 0.2) is 0 Å². The number of hydrogen-bond donors (Lipinski definition) is 1. The number of piperidine rings is 1. The van der Waals surface area contributed by atoms with Crippen molar-refractivity contribution < 1.29 is 4.79 Å². The number of likely N-dealkylation sites (tertiary alicyclic amines) is 1. The van der Waals surface area contributed by atoms with Gasteiger partial charge in [-0.15, -0.1) is 16.4 Å². The molecule has 4 rings (SSSR count). The maximum absolute atomic E-state index is 12.4. The van der Waals surface area contributed by atoms with Gasteiger partial charge in [0, 0.05) is 11.4 Å². The molecule has 7 nitrogen and oxygen atoms in total. The van der Waals surface area contributed by atoms with Crippen molar-refractivity contribution >= 4 is 29.0 Å². The molecule has 0 aromatic carbocycles. The fourth-order valence-corrected chi connectivity index (χ4v) is 5.09. The molecular formula is C18H26N6OS2. The van der Waals surface area contributed by atoms with E-state index in [0.29, 0.717) is 18.3 Å². The Hall–Kier alpha value is -1.45. The Morgan fingerprint density at radius 2 is 2.19 bits per heavy atom. The predicted octanol–water partition coefficient (Wildman–Crippen LogP) is 2.75. The molecule has 1 atom stereocenters. The van der Waals surface area contributed by atoms with E-state index in [1.807, 2.05) is 4.68 Å². The van der Waals surface area contributed by atoms with E-state index in [2.05, 4.69) is 50.2 Å². The number of carbonyl (C=O) groups excluding carboxylic acids is 1. The van der Waals surface area contributed by atoms with Crippen molar-refractivity contribution in [3.63, 3.8) is 0 Å². The summed E-state index contributed by atoms with van der Waals surface area (Å²) in [5.41, 5.74) is 0. The molecular weight excluding hydrogens is 380 g/mol. The summed E-state index contributed by atoms with van der Waals surface area (Å²) < 4.78 is 1.85. The highest BCUT2D eigenvalue weighted by molar-refractivity contribution is 7.99. The van der Waals surface area contributed by atoms with Crippen LogP contribution in [0, 0.1) is 5.92 Å². The average molecular weight is 407 g/mol. The summed E-state index contributed by atoms with van der Waals surface area (Å²) in [5, 5.41) is 17.8. The summed E-state index contributed by atoms with van der Waals surface area (Å²) >= 11 is 3.19. The van der Waals surface area contributed by atoms with Crippen LogP contribution in [0.3, 0.4) is 0 Å². The van der Waals surface area contributed by atoms with Crippen molar-refractivity contribution in [3.05, 3.63) is 22.4 Å². The van der Waals surface area contributed by atoms with Crippen LogP contribution in [-0.4, -0.2) is 56.4 Å². The van der Waals surface area contributed by atoms with Gasteiger partial charge in [0.1, 0.15) is 0 Å². The highest BCUT2D eigenvalue weighted by Gasteiger charge is 2.28. The van der Waals surface area contributed by atoms with Crippen LogP contribution in [0.15, 0.2) is 22.7 Å². The van der Waals surface area contributed by atoms with Crippen LogP contribution in [0.4, 0.5) is 0 Å². The second kappa shape index (κ2) is 8.70. The van der Waals surface area contributed by atoms with Gasteiger partial charge in [-0.25, -0.2) is 4.68 Å². The van der Waals surface area contributed by atoms with Gasteiger partial charge in [-0.05, 0) is 66.6 Å². The van der Waals surface area contributed by atoms with Gasteiger partial charge in [-0.3, -0.25) is 9.69 Å². The highest BCUT2D eigenvalue weighted by Crippen LogP contribution is 2.36. The first-order valence-electron chi connectivity index (χ1n) is 9.65. The molecule has 9 heteroatoms. The first kappa shape index (κ1) is 18.9. The SMILES string of the molecule is CC1CCN(C(CNC(=O)CSc2nnnn2C2CC2)c2cccs2)CC1. The molecule has 146 valence electrons. The third-order valence-corrected chi connectivity index (χ3v) is 7.22. The number of thioether (sulfide) groups is 1. The van der Waals surface area contributed by atoms with E-state index < -0.39 is 0 Å². The summed E-state index contributed by atoms with van der Waals surface area (Å²) in [5.74, 6) is 1.19. The van der Waals surface area contributed by atoms with Crippen LogP contribution in [0.25, 0.3) is 0 Å². The Labute approximate surface area is 167 Å². The average Bonchev–Trinajstić information content (AvgIpc) is 3.18. The van der Waals surface area contributed by atoms with Crippen molar-refractivity contribution in [1.29, 1.82) is 0 Å². The second-order valence-electron chi connectivity index (χ2n) is 7.48. The molecule has 0 bridgehead atoms. The van der Waals surface area contributed by atoms with Crippen LogP contribution in [0.5, 0.6) is 0 Å². The quantitative estimate of drug-likeness (QED) is 0.680. The van der Waals surface area contributed by atoms with Crippen molar-refractivity contribution in [2.45, 2.75) is 49.8 Å². The number of tetrazole rings is 1. The lowest BCUT2D eigenvalue weighted by atomic mass is 9.97. The van der Waals surface area contributed by atoms with Crippen molar-refractivity contribution in [2.24, 2.45) is 5.92 Å². The van der Waals surface area contributed by atoms with Gasteiger partial charge in [-0.1, -0.05) is 24.8 Å².